The maximum atomic E-state index is 6.28. The third-order valence-electron chi connectivity index (χ3n) is 2.60. The summed E-state index contributed by atoms with van der Waals surface area (Å²) in [4.78, 5) is 0. The first-order valence-corrected chi connectivity index (χ1v) is 6.08. The molecule has 1 nitrogen and oxygen atoms in total. The molecule has 88 valence electrons. The van der Waals surface area contributed by atoms with Gasteiger partial charge in [-0.3, -0.25) is 0 Å². The third kappa shape index (κ3) is 2.62. The Hall–Kier alpha value is -1.47. The van der Waals surface area contributed by atoms with E-state index in [0.29, 0.717) is 6.61 Å². The van der Waals surface area contributed by atoms with Gasteiger partial charge in [0.05, 0.1) is 6.61 Å². The van der Waals surface area contributed by atoms with Gasteiger partial charge in [-0.1, -0.05) is 41.9 Å². The fraction of sp³-hybridized carbons (Fsp3) is 0.200. The Kier molecular flexibility index (Phi) is 3.70. The molecule has 0 aliphatic rings. The number of benzene rings is 2. The van der Waals surface area contributed by atoms with Crippen LogP contribution in [0.15, 0.2) is 42.5 Å². The molecule has 0 atom stereocenters. The van der Waals surface area contributed by atoms with Gasteiger partial charge in [0.15, 0.2) is 0 Å². The van der Waals surface area contributed by atoms with Crippen LogP contribution < -0.4 is 4.74 Å². The first-order valence-electron chi connectivity index (χ1n) is 5.70. The van der Waals surface area contributed by atoms with Crippen molar-refractivity contribution >= 4 is 11.6 Å². The lowest BCUT2D eigenvalue weighted by Crippen LogP contribution is -1.94. The van der Waals surface area contributed by atoms with Crippen molar-refractivity contribution < 1.29 is 4.74 Å². The monoisotopic (exact) mass is 246 g/mol. The third-order valence-corrected chi connectivity index (χ3v) is 2.91. The Morgan fingerprint density at radius 3 is 2.53 bits per heavy atom. The summed E-state index contributed by atoms with van der Waals surface area (Å²) in [7, 11) is 0. The second kappa shape index (κ2) is 5.24. The van der Waals surface area contributed by atoms with E-state index >= 15 is 0 Å². The average Bonchev–Trinajstić information content (AvgIpc) is 2.31. The van der Waals surface area contributed by atoms with Crippen LogP contribution in [-0.2, 0) is 0 Å². The SMILES string of the molecule is CCOc1ccccc1-c1ccc(C)cc1Cl. The van der Waals surface area contributed by atoms with Crippen molar-refractivity contribution in [3.05, 3.63) is 53.1 Å². The van der Waals surface area contributed by atoms with Crippen LogP contribution in [0.25, 0.3) is 11.1 Å². The van der Waals surface area contributed by atoms with E-state index in [9.17, 15) is 0 Å². The minimum absolute atomic E-state index is 0.653. The molecular formula is C15H15ClO. The molecule has 0 radical (unpaired) electrons. The predicted molar refractivity (Wildman–Crippen MR) is 72.8 cm³/mol. The standard InChI is InChI=1S/C15H15ClO/c1-3-17-15-7-5-4-6-13(15)12-9-8-11(2)10-14(12)16/h4-10H,3H2,1-2H3. The minimum atomic E-state index is 0.653. The molecule has 2 rings (SSSR count). The molecule has 0 aromatic heterocycles. The maximum absolute atomic E-state index is 6.28. The normalized spacial score (nSPS) is 10.3. The van der Waals surface area contributed by atoms with Gasteiger partial charge in [0.25, 0.3) is 0 Å². The second-order valence-corrected chi connectivity index (χ2v) is 4.32. The van der Waals surface area contributed by atoms with Gasteiger partial charge in [-0.25, -0.2) is 0 Å². The molecule has 0 N–H and O–H groups in total. The lowest BCUT2D eigenvalue weighted by molar-refractivity contribution is 0.341. The Bertz CT molecular complexity index is 520. The van der Waals surface area contributed by atoms with Crippen LogP contribution in [0, 0.1) is 6.92 Å². The number of halogens is 1. The molecule has 0 saturated carbocycles. The van der Waals surface area contributed by atoms with E-state index in [1.54, 1.807) is 0 Å². The summed E-state index contributed by atoms with van der Waals surface area (Å²) in [5.74, 6) is 0.876. The summed E-state index contributed by atoms with van der Waals surface area (Å²) in [5, 5.41) is 0.761. The molecule has 0 heterocycles. The van der Waals surface area contributed by atoms with Crippen LogP contribution in [0.3, 0.4) is 0 Å². The van der Waals surface area contributed by atoms with E-state index in [1.165, 1.54) is 0 Å². The quantitative estimate of drug-likeness (QED) is 0.762. The van der Waals surface area contributed by atoms with Gasteiger partial charge in [-0.05, 0) is 31.5 Å². The highest BCUT2D eigenvalue weighted by Gasteiger charge is 2.08. The number of rotatable bonds is 3. The predicted octanol–water partition coefficient (Wildman–Crippen LogP) is 4.71. The number of aryl methyl sites for hydroxylation is 1. The van der Waals surface area contributed by atoms with Crippen LogP contribution in [0.2, 0.25) is 5.02 Å². The number of para-hydroxylation sites is 1. The summed E-state index contributed by atoms with van der Waals surface area (Å²) >= 11 is 6.28. The molecule has 0 bridgehead atoms. The number of ether oxygens (including phenoxy) is 1. The van der Waals surface area contributed by atoms with Gasteiger partial charge < -0.3 is 4.74 Å². The lowest BCUT2D eigenvalue weighted by Gasteiger charge is -2.11. The summed E-state index contributed by atoms with van der Waals surface area (Å²) in [6.45, 7) is 4.66. The molecular weight excluding hydrogens is 232 g/mol. The van der Waals surface area contributed by atoms with Crippen molar-refractivity contribution in [3.63, 3.8) is 0 Å². The highest BCUT2D eigenvalue weighted by atomic mass is 35.5. The molecule has 0 saturated heterocycles. The molecule has 0 unspecified atom stereocenters. The van der Waals surface area contributed by atoms with E-state index in [0.717, 1.165) is 27.5 Å². The molecule has 0 aliphatic heterocycles. The first kappa shape index (κ1) is 12.0. The van der Waals surface area contributed by atoms with Crippen molar-refractivity contribution in [2.24, 2.45) is 0 Å². The zero-order valence-corrected chi connectivity index (χ0v) is 10.8. The summed E-state index contributed by atoms with van der Waals surface area (Å²) in [6.07, 6.45) is 0. The van der Waals surface area contributed by atoms with Gasteiger partial charge >= 0.3 is 0 Å². The molecule has 0 amide bonds. The number of hydrogen-bond donors (Lipinski definition) is 0. The first-order chi connectivity index (χ1) is 8.22. The maximum Gasteiger partial charge on any atom is 0.127 e. The van der Waals surface area contributed by atoms with Crippen LogP contribution >= 0.6 is 11.6 Å². The Balaban J connectivity index is 2.52. The van der Waals surface area contributed by atoms with Crippen LogP contribution in [0.1, 0.15) is 12.5 Å². The van der Waals surface area contributed by atoms with Crippen molar-refractivity contribution in [1.29, 1.82) is 0 Å². The fourth-order valence-electron chi connectivity index (χ4n) is 1.81. The minimum Gasteiger partial charge on any atom is -0.493 e. The van der Waals surface area contributed by atoms with Gasteiger partial charge in [0.1, 0.15) is 5.75 Å². The van der Waals surface area contributed by atoms with E-state index in [1.807, 2.05) is 50.2 Å². The van der Waals surface area contributed by atoms with Crippen molar-refractivity contribution in [1.82, 2.24) is 0 Å². The highest BCUT2D eigenvalue weighted by molar-refractivity contribution is 6.33. The van der Waals surface area contributed by atoms with E-state index in [2.05, 4.69) is 6.07 Å². The summed E-state index contributed by atoms with van der Waals surface area (Å²) in [5.41, 5.74) is 3.22. The zero-order valence-electron chi connectivity index (χ0n) is 10.0. The van der Waals surface area contributed by atoms with Crippen LogP contribution in [0.4, 0.5) is 0 Å². The van der Waals surface area contributed by atoms with Crippen LogP contribution in [-0.4, -0.2) is 6.61 Å². The van der Waals surface area contributed by atoms with E-state index in [4.69, 9.17) is 16.3 Å². The van der Waals surface area contributed by atoms with E-state index in [-0.39, 0.29) is 0 Å². The van der Waals surface area contributed by atoms with Crippen molar-refractivity contribution in [2.75, 3.05) is 6.61 Å². The topological polar surface area (TPSA) is 9.23 Å². The Morgan fingerprint density at radius 1 is 1.06 bits per heavy atom. The largest absolute Gasteiger partial charge is 0.493 e. The average molecular weight is 247 g/mol. The van der Waals surface area contributed by atoms with Gasteiger partial charge in [0.2, 0.25) is 0 Å². The smallest absolute Gasteiger partial charge is 0.127 e. The molecule has 2 aromatic carbocycles. The highest BCUT2D eigenvalue weighted by Crippen LogP contribution is 2.35. The summed E-state index contributed by atoms with van der Waals surface area (Å²) in [6, 6.07) is 14.0. The second-order valence-electron chi connectivity index (χ2n) is 3.91. The molecule has 2 heteroatoms. The number of hydrogen-bond acceptors (Lipinski definition) is 1. The van der Waals surface area contributed by atoms with Crippen LogP contribution in [0.5, 0.6) is 5.75 Å². The molecule has 17 heavy (non-hydrogen) atoms. The van der Waals surface area contributed by atoms with Gasteiger partial charge in [0, 0.05) is 16.1 Å². The lowest BCUT2D eigenvalue weighted by atomic mass is 10.0. The van der Waals surface area contributed by atoms with Gasteiger partial charge in [-0.15, -0.1) is 0 Å². The van der Waals surface area contributed by atoms with Crippen molar-refractivity contribution in [3.8, 4) is 16.9 Å². The molecule has 2 aromatic rings. The van der Waals surface area contributed by atoms with E-state index < -0.39 is 0 Å². The summed E-state index contributed by atoms with van der Waals surface area (Å²) < 4.78 is 5.62. The van der Waals surface area contributed by atoms with Crippen molar-refractivity contribution in [2.45, 2.75) is 13.8 Å². The zero-order chi connectivity index (χ0) is 12.3. The molecule has 0 fully saturated rings. The Labute approximate surface area is 107 Å². The molecule has 0 aliphatic carbocycles. The fourth-order valence-corrected chi connectivity index (χ4v) is 2.15. The van der Waals surface area contributed by atoms with Gasteiger partial charge in [-0.2, -0.15) is 0 Å². The Morgan fingerprint density at radius 2 is 1.82 bits per heavy atom. The molecule has 0 spiro atoms.